The summed E-state index contributed by atoms with van der Waals surface area (Å²) in [5.74, 6) is 0.678. The number of halogens is 1. The minimum atomic E-state index is 0.577. The second kappa shape index (κ2) is 7.85. The quantitative estimate of drug-likeness (QED) is 0.830. The Morgan fingerprint density at radius 2 is 2.00 bits per heavy atom. The monoisotopic (exact) mass is 299 g/mol. The molecule has 0 aliphatic rings. The van der Waals surface area contributed by atoms with Gasteiger partial charge in [-0.3, -0.25) is 0 Å². The van der Waals surface area contributed by atoms with E-state index in [1.807, 2.05) is 0 Å². The van der Waals surface area contributed by atoms with Crippen molar-refractivity contribution in [3.63, 3.8) is 0 Å². The van der Waals surface area contributed by atoms with Crippen molar-refractivity contribution in [1.29, 1.82) is 0 Å². The molecule has 2 nitrogen and oxygen atoms in total. The van der Waals surface area contributed by atoms with E-state index >= 15 is 0 Å². The van der Waals surface area contributed by atoms with Crippen LogP contribution in [0.5, 0.6) is 0 Å². The van der Waals surface area contributed by atoms with Gasteiger partial charge in [0.05, 0.1) is 6.61 Å². The summed E-state index contributed by atoms with van der Waals surface area (Å²) in [7, 11) is 0. The number of nitrogens with two attached hydrogens (primary N) is 1. The summed E-state index contributed by atoms with van der Waals surface area (Å²) in [5.41, 5.74) is 7.92. The van der Waals surface area contributed by atoms with E-state index in [0.717, 1.165) is 16.6 Å². The lowest BCUT2D eigenvalue weighted by Crippen LogP contribution is -2.08. The molecule has 0 saturated carbocycles. The van der Waals surface area contributed by atoms with Gasteiger partial charge in [-0.1, -0.05) is 54.8 Å². The highest BCUT2D eigenvalue weighted by Gasteiger charge is 2.05. The van der Waals surface area contributed by atoms with Crippen molar-refractivity contribution in [3.8, 4) is 0 Å². The number of ether oxygens (including phenoxy) is 1. The van der Waals surface area contributed by atoms with Crippen LogP contribution in [0.4, 0.5) is 0 Å². The smallest absolute Gasteiger partial charge is 0.0727 e. The topological polar surface area (TPSA) is 35.2 Å². The largest absolute Gasteiger partial charge is 0.376 e. The summed E-state index contributed by atoms with van der Waals surface area (Å²) in [6.45, 7) is 6.51. The van der Waals surface area contributed by atoms with Gasteiger partial charge in [-0.25, -0.2) is 0 Å². The Morgan fingerprint density at radius 3 is 2.53 bits per heavy atom. The fourth-order valence-electron chi connectivity index (χ4n) is 1.69. The van der Waals surface area contributed by atoms with Crippen LogP contribution in [0, 0.1) is 5.92 Å². The van der Waals surface area contributed by atoms with Gasteiger partial charge < -0.3 is 10.5 Å². The summed E-state index contributed by atoms with van der Waals surface area (Å²) in [6, 6.07) is 6.20. The van der Waals surface area contributed by atoms with Gasteiger partial charge in [0.1, 0.15) is 0 Å². The molecule has 1 rings (SSSR count). The third-order valence-electron chi connectivity index (χ3n) is 3.12. The molecule has 0 spiro atoms. The van der Waals surface area contributed by atoms with Gasteiger partial charge in [0.25, 0.3) is 0 Å². The molecule has 96 valence electrons. The second-order valence-electron chi connectivity index (χ2n) is 4.33. The molecule has 0 fully saturated rings. The van der Waals surface area contributed by atoms with Crippen molar-refractivity contribution in [1.82, 2.24) is 0 Å². The zero-order valence-corrected chi connectivity index (χ0v) is 12.3. The van der Waals surface area contributed by atoms with E-state index in [0.29, 0.717) is 19.1 Å². The Hall–Kier alpha value is -0.380. The summed E-state index contributed by atoms with van der Waals surface area (Å²) < 4.78 is 6.84. The van der Waals surface area contributed by atoms with Crippen molar-refractivity contribution >= 4 is 15.9 Å². The molecule has 0 saturated heterocycles. The zero-order valence-electron chi connectivity index (χ0n) is 10.7. The number of hydrogen-bond acceptors (Lipinski definition) is 2. The molecule has 1 aromatic carbocycles. The minimum absolute atomic E-state index is 0.577. The number of hydrogen-bond donors (Lipinski definition) is 1. The highest BCUT2D eigenvalue weighted by Crippen LogP contribution is 2.20. The van der Waals surface area contributed by atoms with E-state index in [2.05, 4.69) is 48.0 Å². The molecule has 0 aliphatic carbocycles. The van der Waals surface area contributed by atoms with Crippen LogP contribution in [0.1, 0.15) is 37.8 Å². The van der Waals surface area contributed by atoms with Gasteiger partial charge in [0.15, 0.2) is 0 Å². The van der Waals surface area contributed by atoms with Crippen LogP contribution >= 0.6 is 15.9 Å². The Morgan fingerprint density at radius 1 is 1.29 bits per heavy atom. The Kier molecular flexibility index (Phi) is 6.78. The lowest BCUT2D eigenvalue weighted by Gasteiger charge is -2.13. The van der Waals surface area contributed by atoms with Crippen LogP contribution in [-0.4, -0.2) is 6.61 Å². The first-order valence-electron chi connectivity index (χ1n) is 6.26. The van der Waals surface area contributed by atoms with E-state index in [4.69, 9.17) is 10.5 Å². The molecule has 0 atom stereocenters. The average molecular weight is 300 g/mol. The molecule has 3 heteroatoms. The van der Waals surface area contributed by atoms with Crippen molar-refractivity contribution in [2.24, 2.45) is 11.7 Å². The highest BCUT2D eigenvalue weighted by atomic mass is 79.9. The van der Waals surface area contributed by atoms with E-state index in [1.165, 1.54) is 18.4 Å². The van der Waals surface area contributed by atoms with Crippen molar-refractivity contribution in [3.05, 3.63) is 33.8 Å². The molecule has 0 heterocycles. The van der Waals surface area contributed by atoms with Gasteiger partial charge in [0.2, 0.25) is 0 Å². The maximum atomic E-state index is 5.76. The molecule has 0 aromatic heterocycles. The van der Waals surface area contributed by atoms with Crippen LogP contribution in [0.2, 0.25) is 0 Å². The van der Waals surface area contributed by atoms with Gasteiger partial charge in [-0.05, 0) is 23.1 Å². The third kappa shape index (κ3) is 4.78. The second-order valence-corrected chi connectivity index (χ2v) is 5.18. The zero-order chi connectivity index (χ0) is 12.7. The molecule has 1 aromatic rings. The molecular formula is C14H22BrNO. The lowest BCUT2D eigenvalue weighted by atomic mass is 10.1. The fourth-order valence-corrected chi connectivity index (χ4v) is 2.24. The minimum Gasteiger partial charge on any atom is -0.376 e. The van der Waals surface area contributed by atoms with Crippen molar-refractivity contribution in [2.75, 3.05) is 6.61 Å². The molecule has 0 aliphatic heterocycles. The first kappa shape index (κ1) is 14.7. The van der Waals surface area contributed by atoms with Crippen LogP contribution in [-0.2, 0) is 17.9 Å². The van der Waals surface area contributed by atoms with Crippen LogP contribution in [0.25, 0.3) is 0 Å². The molecular weight excluding hydrogens is 278 g/mol. The summed E-state index contributed by atoms with van der Waals surface area (Å²) in [4.78, 5) is 0. The molecule has 0 radical (unpaired) electrons. The molecule has 0 amide bonds. The predicted octanol–water partition coefficient (Wildman–Crippen LogP) is 3.86. The first-order valence-corrected chi connectivity index (χ1v) is 7.05. The molecule has 0 bridgehead atoms. The number of benzene rings is 1. The van der Waals surface area contributed by atoms with Gasteiger partial charge >= 0.3 is 0 Å². The highest BCUT2D eigenvalue weighted by molar-refractivity contribution is 9.10. The first-order chi connectivity index (χ1) is 8.21. The van der Waals surface area contributed by atoms with E-state index in [9.17, 15) is 0 Å². The molecule has 0 unspecified atom stereocenters. The van der Waals surface area contributed by atoms with Gasteiger partial charge in [-0.15, -0.1) is 0 Å². The third-order valence-corrected chi connectivity index (χ3v) is 3.86. The van der Waals surface area contributed by atoms with Gasteiger partial charge in [-0.2, -0.15) is 0 Å². The maximum Gasteiger partial charge on any atom is 0.0727 e. The standard InChI is InChI=1S/C14H22BrNO/c1-3-11(4-2)9-17-10-13-6-5-12(8-16)7-14(13)15/h5-7,11H,3-4,8-10,16H2,1-2H3. The fraction of sp³-hybridized carbons (Fsp3) is 0.571. The van der Waals surface area contributed by atoms with E-state index < -0.39 is 0 Å². The van der Waals surface area contributed by atoms with Crippen molar-refractivity contribution < 1.29 is 4.74 Å². The Bertz CT molecular complexity index is 337. The van der Waals surface area contributed by atoms with Crippen LogP contribution in [0.3, 0.4) is 0 Å². The SMILES string of the molecule is CCC(CC)COCc1ccc(CN)cc1Br. The average Bonchev–Trinajstić information content (AvgIpc) is 2.36. The predicted molar refractivity (Wildman–Crippen MR) is 75.8 cm³/mol. The van der Waals surface area contributed by atoms with E-state index in [-0.39, 0.29) is 0 Å². The Balaban J connectivity index is 2.46. The Labute approximate surface area is 113 Å². The van der Waals surface area contributed by atoms with Crippen molar-refractivity contribution in [2.45, 2.75) is 39.8 Å². The summed E-state index contributed by atoms with van der Waals surface area (Å²) in [6.07, 6.45) is 2.37. The summed E-state index contributed by atoms with van der Waals surface area (Å²) >= 11 is 3.55. The number of rotatable bonds is 7. The van der Waals surface area contributed by atoms with Crippen LogP contribution < -0.4 is 5.73 Å². The summed E-state index contributed by atoms with van der Waals surface area (Å²) in [5, 5.41) is 0. The molecule has 17 heavy (non-hydrogen) atoms. The molecule has 2 N–H and O–H groups in total. The van der Waals surface area contributed by atoms with Crippen LogP contribution in [0.15, 0.2) is 22.7 Å². The van der Waals surface area contributed by atoms with Gasteiger partial charge in [0, 0.05) is 17.6 Å². The maximum absolute atomic E-state index is 5.76. The lowest BCUT2D eigenvalue weighted by molar-refractivity contribution is 0.0840. The van der Waals surface area contributed by atoms with E-state index in [1.54, 1.807) is 0 Å². The normalized spacial score (nSPS) is 11.1.